The van der Waals surface area contributed by atoms with Gasteiger partial charge in [-0.25, -0.2) is 4.98 Å². The Labute approximate surface area is 111 Å². The number of thioether (sulfide) groups is 1. The second kappa shape index (κ2) is 5.10. The van der Waals surface area contributed by atoms with Gasteiger partial charge in [-0.2, -0.15) is 0 Å². The lowest BCUT2D eigenvalue weighted by Crippen LogP contribution is -2.02. The van der Waals surface area contributed by atoms with E-state index >= 15 is 0 Å². The van der Waals surface area contributed by atoms with Gasteiger partial charge in [-0.3, -0.25) is 4.57 Å². The monoisotopic (exact) mass is 260 g/mol. The Morgan fingerprint density at radius 1 is 1.22 bits per heavy atom. The van der Waals surface area contributed by atoms with Crippen LogP contribution >= 0.6 is 11.8 Å². The highest BCUT2D eigenvalue weighted by molar-refractivity contribution is 7.99. The minimum Gasteiger partial charge on any atom is -0.287 e. The van der Waals surface area contributed by atoms with Gasteiger partial charge in [-0.05, 0) is 31.9 Å². The number of nitrogens with zero attached hydrogens (tertiary/aromatic N) is 4. The van der Waals surface area contributed by atoms with Crippen LogP contribution in [0.15, 0.2) is 29.6 Å². The molecular formula is C13H16N4S. The molecule has 0 saturated heterocycles. The maximum Gasteiger partial charge on any atom is 0.160 e. The molecular weight excluding hydrogens is 244 g/mol. The van der Waals surface area contributed by atoms with Gasteiger partial charge in [0.2, 0.25) is 0 Å². The van der Waals surface area contributed by atoms with Gasteiger partial charge in [0.1, 0.15) is 10.9 Å². The summed E-state index contributed by atoms with van der Waals surface area (Å²) in [7, 11) is 0. The number of hydrogen-bond acceptors (Lipinski definition) is 4. The van der Waals surface area contributed by atoms with Crippen LogP contribution < -0.4 is 0 Å². The molecule has 0 atom stereocenters. The molecule has 18 heavy (non-hydrogen) atoms. The van der Waals surface area contributed by atoms with Gasteiger partial charge in [0.05, 0.1) is 0 Å². The Hall–Kier alpha value is -1.36. The van der Waals surface area contributed by atoms with Gasteiger partial charge >= 0.3 is 0 Å². The zero-order valence-electron chi connectivity index (χ0n) is 10.4. The average Bonchev–Trinajstić information content (AvgIpc) is 3.02. The van der Waals surface area contributed by atoms with Gasteiger partial charge in [-0.1, -0.05) is 12.8 Å². The lowest BCUT2D eigenvalue weighted by atomic mass is 10.4. The largest absolute Gasteiger partial charge is 0.287 e. The first-order valence-corrected chi connectivity index (χ1v) is 7.21. The predicted molar refractivity (Wildman–Crippen MR) is 72.0 cm³/mol. The highest BCUT2D eigenvalue weighted by atomic mass is 32.2. The van der Waals surface area contributed by atoms with Crippen molar-refractivity contribution in [1.82, 2.24) is 19.7 Å². The van der Waals surface area contributed by atoms with Crippen LogP contribution in [0.1, 0.15) is 31.5 Å². The first-order chi connectivity index (χ1) is 8.83. The van der Waals surface area contributed by atoms with Crippen LogP contribution in [0.3, 0.4) is 0 Å². The Morgan fingerprint density at radius 2 is 2.06 bits per heavy atom. The third-order valence-electron chi connectivity index (χ3n) is 3.29. The fourth-order valence-corrected chi connectivity index (χ4v) is 3.45. The molecule has 0 unspecified atom stereocenters. The number of hydrogen-bond donors (Lipinski definition) is 0. The Balaban J connectivity index is 1.74. The first kappa shape index (κ1) is 11.7. The van der Waals surface area contributed by atoms with Crippen LogP contribution in [-0.4, -0.2) is 25.0 Å². The van der Waals surface area contributed by atoms with E-state index in [9.17, 15) is 0 Å². The fraction of sp³-hybridized carbons (Fsp3) is 0.462. The SMILES string of the molecule is Cc1nccn1-c1ccc(SC2CCCC2)nn1. The van der Waals surface area contributed by atoms with Crippen molar-refractivity contribution >= 4 is 11.8 Å². The second-order valence-electron chi connectivity index (χ2n) is 4.60. The van der Waals surface area contributed by atoms with E-state index in [1.54, 1.807) is 6.20 Å². The van der Waals surface area contributed by atoms with Crippen molar-refractivity contribution < 1.29 is 0 Å². The Morgan fingerprint density at radius 3 is 2.67 bits per heavy atom. The molecule has 0 N–H and O–H groups in total. The molecule has 0 aliphatic heterocycles. The van der Waals surface area contributed by atoms with E-state index in [1.807, 2.05) is 35.5 Å². The van der Waals surface area contributed by atoms with Crippen LogP contribution in [0.25, 0.3) is 5.82 Å². The molecule has 3 rings (SSSR count). The quantitative estimate of drug-likeness (QED) is 0.851. The van der Waals surface area contributed by atoms with Gasteiger partial charge in [-0.15, -0.1) is 22.0 Å². The van der Waals surface area contributed by atoms with Crippen molar-refractivity contribution in [2.75, 3.05) is 0 Å². The van der Waals surface area contributed by atoms with Gasteiger partial charge < -0.3 is 0 Å². The van der Waals surface area contributed by atoms with Crippen LogP contribution in [0.5, 0.6) is 0 Å². The molecule has 1 aliphatic rings. The smallest absolute Gasteiger partial charge is 0.160 e. The maximum atomic E-state index is 4.30. The molecule has 0 amide bonds. The standard InChI is InChI=1S/C13H16N4S/c1-10-14-8-9-17(10)12-6-7-13(16-15-12)18-11-4-2-3-5-11/h6-9,11H,2-5H2,1H3. The summed E-state index contributed by atoms with van der Waals surface area (Å²) in [4.78, 5) is 4.19. The van der Waals surface area contributed by atoms with Crippen molar-refractivity contribution in [2.24, 2.45) is 0 Å². The highest BCUT2D eigenvalue weighted by Crippen LogP contribution is 2.33. The van der Waals surface area contributed by atoms with Gasteiger partial charge in [0.25, 0.3) is 0 Å². The molecule has 1 aliphatic carbocycles. The molecule has 94 valence electrons. The van der Waals surface area contributed by atoms with Crippen molar-refractivity contribution in [3.05, 3.63) is 30.4 Å². The summed E-state index contributed by atoms with van der Waals surface area (Å²) in [5, 5.41) is 10.3. The van der Waals surface area contributed by atoms with Crippen LogP contribution in [0.2, 0.25) is 0 Å². The minimum absolute atomic E-state index is 0.736. The maximum absolute atomic E-state index is 4.30. The molecule has 0 aromatic carbocycles. The zero-order chi connectivity index (χ0) is 12.4. The molecule has 2 aromatic rings. The highest BCUT2D eigenvalue weighted by Gasteiger charge is 2.16. The summed E-state index contributed by atoms with van der Waals surface area (Å²) in [6.45, 7) is 1.96. The number of imidazole rings is 1. The third-order valence-corrected chi connectivity index (χ3v) is 4.55. The molecule has 0 radical (unpaired) electrons. The van der Waals surface area contributed by atoms with E-state index in [0.717, 1.165) is 21.9 Å². The normalized spacial score (nSPS) is 16.3. The lowest BCUT2D eigenvalue weighted by Gasteiger charge is -2.08. The van der Waals surface area contributed by atoms with E-state index in [0.29, 0.717) is 0 Å². The molecule has 4 nitrogen and oxygen atoms in total. The minimum atomic E-state index is 0.736. The Bertz CT molecular complexity index is 514. The summed E-state index contributed by atoms with van der Waals surface area (Å²) in [6.07, 6.45) is 9.03. The first-order valence-electron chi connectivity index (χ1n) is 6.33. The van der Waals surface area contributed by atoms with E-state index < -0.39 is 0 Å². The average molecular weight is 260 g/mol. The van der Waals surface area contributed by atoms with Crippen molar-refractivity contribution in [2.45, 2.75) is 42.9 Å². The second-order valence-corrected chi connectivity index (χ2v) is 5.92. The number of aryl methyl sites for hydroxylation is 1. The molecule has 0 bridgehead atoms. The van der Waals surface area contributed by atoms with Gasteiger partial charge in [0.15, 0.2) is 5.82 Å². The van der Waals surface area contributed by atoms with Crippen molar-refractivity contribution in [1.29, 1.82) is 0 Å². The molecule has 2 heterocycles. The predicted octanol–water partition coefficient (Wildman–Crippen LogP) is 3.01. The van der Waals surface area contributed by atoms with Gasteiger partial charge in [0, 0.05) is 17.6 Å². The fourth-order valence-electron chi connectivity index (χ4n) is 2.30. The number of rotatable bonds is 3. The third kappa shape index (κ3) is 2.41. The lowest BCUT2D eigenvalue weighted by molar-refractivity contribution is 0.833. The molecule has 1 fully saturated rings. The molecule has 0 spiro atoms. The van der Waals surface area contributed by atoms with E-state index in [2.05, 4.69) is 21.2 Å². The zero-order valence-corrected chi connectivity index (χ0v) is 11.2. The van der Waals surface area contributed by atoms with E-state index in [4.69, 9.17) is 0 Å². The summed E-state index contributed by atoms with van der Waals surface area (Å²) < 4.78 is 1.94. The van der Waals surface area contributed by atoms with Crippen molar-refractivity contribution in [3.8, 4) is 5.82 Å². The summed E-state index contributed by atoms with van der Waals surface area (Å²) in [5.74, 6) is 1.77. The molecule has 2 aromatic heterocycles. The topological polar surface area (TPSA) is 43.6 Å². The summed E-state index contributed by atoms with van der Waals surface area (Å²) in [5.41, 5.74) is 0. The summed E-state index contributed by atoms with van der Waals surface area (Å²) >= 11 is 1.86. The Kier molecular flexibility index (Phi) is 3.32. The van der Waals surface area contributed by atoms with Crippen molar-refractivity contribution in [3.63, 3.8) is 0 Å². The van der Waals surface area contributed by atoms with Crippen LogP contribution in [-0.2, 0) is 0 Å². The van der Waals surface area contributed by atoms with E-state index in [-0.39, 0.29) is 0 Å². The van der Waals surface area contributed by atoms with E-state index in [1.165, 1.54) is 25.7 Å². The van der Waals surface area contributed by atoms with Crippen LogP contribution in [0, 0.1) is 6.92 Å². The van der Waals surface area contributed by atoms with Crippen LogP contribution in [0.4, 0.5) is 0 Å². The summed E-state index contributed by atoms with van der Waals surface area (Å²) in [6, 6.07) is 4.07. The number of aromatic nitrogens is 4. The molecule has 5 heteroatoms. The molecule has 1 saturated carbocycles.